The van der Waals surface area contributed by atoms with E-state index in [9.17, 15) is 5.11 Å². The lowest BCUT2D eigenvalue weighted by atomic mass is 9.86. The molecule has 5 nitrogen and oxygen atoms in total. The zero-order chi connectivity index (χ0) is 15.1. The normalized spacial score (nSPS) is 20.6. The van der Waals surface area contributed by atoms with E-state index >= 15 is 0 Å². The fourth-order valence-corrected chi connectivity index (χ4v) is 2.80. The van der Waals surface area contributed by atoms with Crippen LogP contribution in [0.4, 0.5) is 0 Å². The van der Waals surface area contributed by atoms with Crippen molar-refractivity contribution < 1.29 is 10.3 Å². The molecule has 0 aromatic heterocycles. The van der Waals surface area contributed by atoms with Gasteiger partial charge in [-0.15, -0.1) is 0 Å². The zero-order valence-electron chi connectivity index (χ0n) is 13.0. The maximum atomic E-state index is 10.5. The number of nitrogens with one attached hydrogen (secondary N) is 1. The second kappa shape index (κ2) is 7.84. The number of oxime groups is 1. The second-order valence-electron chi connectivity index (χ2n) is 6.79. The Hall–Kier alpha value is -0.810. The Morgan fingerprint density at radius 1 is 1.25 bits per heavy atom. The van der Waals surface area contributed by atoms with Gasteiger partial charge in [-0.1, -0.05) is 44.7 Å². The van der Waals surface area contributed by atoms with E-state index in [-0.39, 0.29) is 11.3 Å². The van der Waals surface area contributed by atoms with E-state index in [1.54, 1.807) is 0 Å². The van der Waals surface area contributed by atoms with E-state index in [1.165, 1.54) is 12.8 Å². The largest absolute Gasteiger partial charge is 0.409 e. The van der Waals surface area contributed by atoms with E-state index in [0.717, 1.165) is 45.1 Å². The maximum absolute atomic E-state index is 10.5. The Morgan fingerprint density at radius 3 is 2.40 bits per heavy atom. The van der Waals surface area contributed by atoms with Crippen LogP contribution in [0.3, 0.4) is 0 Å². The number of hydrogen-bond donors (Lipinski definition) is 4. The third-order valence-electron chi connectivity index (χ3n) is 4.44. The van der Waals surface area contributed by atoms with Gasteiger partial charge in [0.15, 0.2) is 0 Å². The Kier molecular flexibility index (Phi) is 6.76. The average Bonchev–Trinajstić information content (AvgIpc) is 2.62. The summed E-state index contributed by atoms with van der Waals surface area (Å²) in [6.07, 6.45) is 8.38. The molecule has 1 saturated carbocycles. The van der Waals surface area contributed by atoms with Gasteiger partial charge in [0.1, 0.15) is 5.84 Å². The molecule has 5 heteroatoms. The molecule has 5 N–H and O–H groups in total. The number of nitrogens with two attached hydrogens (primary N) is 1. The molecule has 0 unspecified atom stereocenters. The van der Waals surface area contributed by atoms with Crippen LogP contribution in [-0.4, -0.2) is 34.8 Å². The first-order valence-electron chi connectivity index (χ1n) is 7.81. The van der Waals surface area contributed by atoms with Crippen LogP contribution in [0, 0.1) is 5.41 Å². The van der Waals surface area contributed by atoms with Crippen molar-refractivity contribution in [3.8, 4) is 0 Å². The van der Waals surface area contributed by atoms with Crippen LogP contribution >= 0.6 is 0 Å². The Morgan fingerprint density at radius 2 is 1.85 bits per heavy atom. The van der Waals surface area contributed by atoms with Crippen molar-refractivity contribution in [2.45, 2.75) is 70.8 Å². The Balaban J connectivity index is 2.21. The highest BCUT2D eigenvalue weighted by molar-refractivity contribution is 5.85. The second-order valence-corrected chi connectivity index (χ2v) is 6.79. The molecule has 0 bridgehead atoms. The van der Waals surface area contributed by atoms with Crippen LogP contribution in [0.2, 0.25) is 0 Å². The molecular weight excluding hydrogens is 254 g/mol. The summed E-state index contributed by atoms with van der Waals surface area (Å²) in [6.45, 7) is 5.48. The van der Waals surface area contributed by atoms with Crippen molar-refractivity contribution in [3.63, 3.8) is 0 Å². The topological polar surface area (TPSA) is 90.9 Å². The summed E-state index contributed by atoms with van der Waals surface area (Å²) in [6, 6.07) is 0. The van der Waals surface area contributed by atoms with Crippen LogP contribution in [0.5, 0.6) is 0 Å². The van der Waals surface area contributed by atoms with Gasteiger partial charge in [-0.25, -0.2) is 0 Å². The first-order chi connectivity index (χ1) is 9.40. The summed E-state index contributed by atoms with van der Waals surface area (Å²) in [5, 5.41) is 25.7. The zero-order valence-corrected chi connectivity index (χ0v) is 13.0. The van der Waals surface area contributed by atoms with Gasteiger partial charge in [-0.3, -0.25) is 0 Å². The van der Waals surface area contributed by atoms with Gasteiger partial charge in [0.05, 0.1) is 5.60 Å². The lowest BCUT2D eigenvalue weighted by molar-refractivity contribution is 0.0253. The molecule has 118 valence electrons. The fraction of sp³-hybridized carbons (Fsp3) is 0.933. The van der Waals surface area contributed by atoms with E-state index in [0.29, 0.717) is 6.54 Å². The van der Waals surface area contributed by atoms with E-state index in [1.807, 2.05) is 13.8 Å². The van der Waals surface area contributed by atoms with Gasteiger partial charge in [0.25, 0.3) is 0 Å². The molecule has 0 heterocycles. The molecule has 0 saturated heterocycles. The predicted molar refractivity (Wildman–Crippen MR) is 81.9 cm³/mol. The summed E-state index contributed by atoms with van der Waals surface area (Å²) >= 11 is 0. The highest BCUT2D eigenvalue weighted by Gasteiger charge is 2.27. The van der Waals surface area contributed by atoms with Gasteiger partial charge in [-0.05, 0) is 32.2 Å². The number of aliphatic hydroxyl groups is 1. The first-order valence-corrected chi connectivity index (χ1v) is 7.81. The number of rotatable bonds is 7. The molecule has 0 spiro atoms. The quantitative estimate of drug-likeness (QED) is 0.144. The van der Waals surface area contributed by atoms with Gasteiger partial charge >= 0.3 is 0 Å². The highest BCUT2D eigenvalue weighted by Crippen LogP contribution is 2.26. The standard InChI is InChI=1S/C15H31N3O2/c1-14(2,13(16)18-20)8-7-11-17-12-15(19)9-5-3-4-6-10-15/h17,19-20H,3-12H2,1-2H3,(H2,16,18). The van der Waals surface area contributed by atoms with Gasteiger partial charge < -0.3 is 21.4 Å². The maximum Gasteiger partial charge on any atom is 0.144 e. The van der Waals surface area contributed by atoms with Gasteiger partial charge in [0.2, 0.25) is 0 Å². The summed E-state index contributed by atoms with van der Waals surface area (Å²) in [7, 11) is 0. The SMILES string of the molecule is CC(C)(CCCNCC1(O)CCCCCC1)C(N)=NO. The molecule has 1 aliphatic carbocycles. The summed E-state index contributed by atoms with van der Waals surface area (Å²) < 4.78 is 0. The molecule has 0 radical (unpaired) electrons. The van der Waals surface area contributed by atoms with Crippen LogP contribution in [0.25, 0.3) is 0 Å². The Bertz CT molecular complexity index is 308. The van der Waals surface area contributed by atoms with Crippen molar-refractivity contribution in [3.05, 3.63) is 0 Å². The predicted octanol–water partition coefficient (Wildman–Crippen LogP) is 2.21. The van der Waals surface area contributed by atoms with Crippen molar-refractivity contribution in [2.24, 2.45) is 16.3 Å². The van der Waals surface area contributed by atoms with Crippen molar-refractivity contribution in [1.82, 2.24) is 5.32 Å². The summed E-state index contributed by atoms with van der Waals surface area (Å²) in [5.74, 6) is 0.278. The van der Waals surface area contributed by atoms with Gasteiger partial charge in [-0.2, -0.15) is 0 Å². The average molecular weight is 285 g/mol. The Labute approximate surface area is 122 Å². The molecule has 0 atom stereocenters. The van der Waals surface area contributed by atoms with Gasteiger partial charge in [0, 0.05) is 12.0 Å². The molecule has 1 aliphatic rings. The fourth-order valence-electron chi connectivity index (χ4n) is 2.80. The molecule has 0 amide bonds. The smallest absolute Gasteiger partial charge is 0.144 e. The number of nitrogens with zero attached hydrogens (tertiary/aromatic N) is 1. The van der Waals surface area contributed by atoms with E-state index < -0.39 is 5.60 Å². The minimum absolute atomic E-state index is 0.278. The molecule has 1 rings (SSSR count). The van der Waals surface area contributed by atoms with Crippen LogP contribution < -0.4 is 11.1 Å². The van der Waals surface area contributed by atoms with Crippen molar-refractivity contribution in [1.29, 1.82) is 0 Å². The molecule has 0 aromatic rings. The van der Waals surface area contributed by atoms with Crippen LogP contribution in [0.15, 0.2) is 5.16 Å². The first kappa shape index (κ1) is 17.2. The third kappa shape index (κ3) is 5.67. The lowest BCUT2D eigenvalue weighted by Gasteiger charge is -2.27. The minimum atomic E-state index is -0.516. The third-order valence-corrected chi connectivity index (χ3v) is 4.44. The summed E-state index contributed by atoms with van der Waals surface area (Å²) in [5.41, 5.74) is 4.86. The molecule has 0 aliphatic heterocycles. The van der Waals surface area contributed by atoms with Crippen LogP contribution in [0.1, 0.15) is 65.2 Å². The minimum Gasteiger partial charge on any atom is -0.409 e. The molecule has 0 aromatic carbocycles. The van der Waals surface area contributed by atoms with E-state index in [2.05, 4.69) is 10.5 Å². The van der Waals surface area contributed by atoms with Crippen molar-refractivity contribution >= 4 is 5.84 Å². The summed E-state index contributed by atoms with van der Waals surface area (Å²) in [4.78, 5) is 0. The molecule has 1 fully saturated rings. The van der Waals surface area contributed by atoms with Crippen LogP contribution in [-0.2, 0) is 0 Å². The molecular formula is C15H31N3O2. The monoisotopic (exact) mass is 285 g/mol. The number of hydrogen-bond acceptors (Lipinski definition) is 4. The molecule has 20 heavy (non-hydrogen) atoms. The highest BCUT2D eigenvalue weighted by atomic mass is 16.4. The van der Waals surface area contributed by atoms with Crippen molar-refractivity contribution in [2.75, 3.05) is 13.1 Å². The lowest BCUT2D eigenvalue weighted by Crippen LogP contribution is -2.41. The van der Waals surface area contributed by atoms with E-state index in [4.69, 9.17) is 10.9 Å². The number of amidine groups is 1.